The van der Waals surface area contributed by atoms with Gasteiger partial charge in [0.15, 0.2) is 0 Å². The van der Waals surface area contributed by atoms with Gasteiger partial charge in [0, 0.05) is 28.4 Å². The van der Waals surface area contributed by atoms with E-state index < -0.39 is 0 Å². The van der Waals surface area contributed by atoms with Crippen LogP contribution in [0, 0.1) is 17.2 Å². The van der Waals surface area contributed by atoms with E-state index in [0.717, 1.165) is 5.56 Å². The molecule has 0 aliphatic heterocycles. The number of anilines is 1. The fourth-order valence-electron chi connectivity index (χ4n) is 3.01. The minimum absolute atomic E-state index is 0.130. The van der Waals surface area contributed by atoms with E-state index in [1.165, 1.54) is 0 Å². The van der Waals surface area contributed by atoms with Crippen LogP contribution in [0.3, 0.4) is 0 Å². The Kier molecular flexibility index (Phi) is 5.10. The summed E-state index contributed by atoms with van der Waals surface area (Å²) in [4.78, 5) is 13.2. The van der Waals surface area contributed by atoms with Crippen LogP contribution in [-0.2, 0) is 0 Å². The highest BCUT2D eigenvalue weighted by Crippen LogP contribution is 2.29. The molecule has 1 N–H and O–H groups in total. The number of rotatable bonds is 5. The molecule has 0 radical (unpaired) electrons. The van der Waals surface area contributed by atoms with Crippen molar-refractivity contribution in [3.05, 3.63) is 65.3 Å². The van der Waals surface area contributed by atoms with Gasteiger partial charge in [-0.3, -0.25) is 4.98 Å². The molecule has 4 rings (SSSR count). The third kappa shape index (κ3) is 3.89. The summed E-state index contributed by atoms with van der Waals surface area (Å²) in [5.41, 5.74) is 1.95. The minimum atomic E-state index is -0.281. The van der Waals surface area contributed by atoms with Crippen molar-refractivity contribution in [1.29, 1.82) is 5.26 Å². The highest BCUT2D eigenvalue weighted by molar-refractivity contribution is 6.31. The Morgan fingerprint density at radius 3 is 2.76 bits per heavy atom. The molecule has 29 heavy (non-hydrogen) atoms. The van der Waals surface area contributed by atoms with Crippen LogP contribution < -0.4 is 5.32 Å². The van der Waals surface area contributed by atoms with Gasteiger partial charge in [0.1, 0.15) is 11.9 Å². The average molecular weight is 405 g/mol. The molecule has 0 bridgehead atoms. The summed E-state index contributed by atoms with van der Waals surface area (Å²) < 4.78 is 5.51. The topological polar surface area (TPSA) is 101 Å². The van der Waals surface area contributed by atoms with Gasteiger partial charge in [-0.2, -0.15) is 10.2 Å². The molecular weight excluding hydrogens is 388 g/mol. The number of hydrogen-bond donors (Lipinski definition) is 1. The van der Waals surface area contributed by atoms with Gasteiger partial charge in [-0.05, 0) is 42.3 Å². The molecular formula is C21H17ClN6O. The number of fused-ring (bicyclic) bond motifs is 1. The number of pyridine rings is 2. The molecule has 8 heteroatoms. The zero-order valence-corrected chi connectivity index (χ0v) is 16.6. The maximum absolute atomic E-state index is 9.55. The molecule has 0 saturated heterocycles. The van der Waals surface area contributed by atoms with E-state index in [2.05, 4.69) is 31.5 Å². The monoisotopic (exact) mass is 404 g/mol. The molecule has 0 amide bonds. The summed E-state index contributed by atoms with van der Waals surface area (Å²) in [6, 6.07) is 12.6. The van der Waals surface area contributed by atoms with Gasteiger partial charge in [-0.1, -0.05) is 30.6 Å². The van der Waals surface area contributed by atoms with Crippen LogP contribution >= 0.6 is 11.6 Å². The quantitative estimate of drug-likeness (QED) is 0.498. The predicted molar refractivity (Wildman–Crippen MR) is 110 cm³/mol. The lowest BCUT2D eigenvalue weighted by atomic mass is 10.0. The normalized spacial score (nSPS) is 12.1. The molecule has 144 valence electrons. The molecule has 1 aromatic carbocycles. The van der Waals surface area contributed by atoms with E-state index in [4.69, 9.17) is 16.1 Å². The molecule has 1 atom stereocenters. The lowest BCUT2D eigenvalue weighted by Gasteiger charge is -2.19. The van der Waals surface area contributed by atoms with Crippen LogP contribution in [0.2, 0.25) is 5.02 Å². The fourth-order valence-corrected chi connectivity index (χ4v) is 3.18. The average Bonchev–Trinajstić information content (AvgIpc) is 3.22. The van der Waals surface area contributed by atoms with Crippen LogP contribution in [0.25, 0.3) is 22.3 Å². The van der Waals surface area contributed by atoms with Gasteiger partial charge in [-0.25, -0.2) is 4.98 Å². The van der Waals surface area contributed by atoms with Gasteiger partial charge in [0.2, 0.25) is 11.7 Å². The van der Waals surface area contributed by atoms with Crippen molar-refractivity contribution in [2.24, 2.45) is 5.92 Å². The van der Waals surface area contributed by atoms with Crippen molar-refractivity contribution in [2.75, 3.05) is 5.32 Å². The smallest absolute Gasteiger partial charge is 0.249 e. The highest BCUT2D eigenvalue weighted by atomic mass is 35.5. The standard InChI is InChI=1S/C21H17ClN6O/c1-12(2)19(21-27-20(28-29-21)13-4-3-7-24-11-13)26-18-8-14(10-23)16-9-15(22)5-6-17(16)25-18/h3-9,11-12,19H,1-2H3,(H,25,26). The first-order valence-electron chi connectivity index (χ1n) is 9.06. The number of aromatic nitrogens is 4. The van der Waals surface area contributed by atoms with Gasteiger partial charge in [-0.15, -0.1) is 0 Å². The SMILES string of the molecule is CC(C)C(Nc1cc(C#N)c2cc(Cl)ccc2n1)c1nc(-c2cccnc2)no1. The lowest BCUT2D eigenvalue weighted by Crippen LogP contribution is -2.18. The van der Waals surface area contributed by atoms with E-state index in [-0.39, 0.29) is 12.0 Å². The van der Waals surface area contributed by atoms with E-state index in [1.54, 1.807) is 36.7 Å². The molecule has 3 aromatic heterocycles. The van der Waals surface area contributed by atoms with Crippen LogP contribution in [0.15, 0.2) is 53.3 Å². The van der Waals surface area contributed by atoms with Crippen molar-refractivity contribution in [3.8, 4) is 17.5 Å². The number of nitriles is 1. The second-order valence-corrected chi connectivity index (χ2v) is 7.33. The largest absolute Gasteiger partial charge is 0.358 e. The molecule has 0 fully saturated rings. The van der Waals surface area contributed by atoms with Crippen LogP contribution in [0.1, 0.15) is 31.3 Å². The lowest BCUT2D eigenvalue weighted by molar-refractivity contribution is 0.335. The van der Waals surface area contributed by atoms with Gasteiger partial charge < -0.3 is 9.84 Å². The Morgan fingerprint density at radius 1 is 1.17 bits per heavy atom. The zero-order chi connectivity index (χ0) is 20.4. The summed E-state index contributed by atoms with van der Waals surface area (Å²) in [7, 11) is 0. The van der Waals surface area contributed by atoms with Crippen LogP contribution in [0.5, 0.6) is 0 Å². The Balaban J connectivity index is 1.69. The third-order valence-electron chi connectivity index (χ3n) is 4.49. The molecule has 4 aromatic rings. The second-order valence-electron chi connectivity index (χ2n) is 6.89. The van der Waals surface area contributed by atoms with Gasteiger partial charge in [0.25, 0.3) is 0 Å². The van der Waals surface area contributed by atoms with Gasteiger partial charge in [0.05, 0.1) is 17.1 Å². The van der Waals surface area contributed by atoms with Crippen molar-refractivity contribution in [1.82, 2.24) is 20.1 Å². The number of nitrogens with zero attached hydrogens (tertiary/aromatic N) is 5. The van der Waals surface area contributed by atoms with Crippen molar-refractivity contribution < 1.29 is 4.52 Å². The van der Waals surface area contributed by atoms with Crippen LogP contribution in [0.4, 0.5) is 5.82 Å². The third-order valence-corrected chi connectivity index (χ3v) is 4.72. The first-order chi connectivity index (χ1) is 14.0. The minimum Gasteiger partial charge on any atom is -0.358 e. The maximum atomic E-state index is 9.55. The van der Waals surface area contributed by atoms with Crippen molar-refractivity contribution in [2.45, 2.75) is 19.9 Å². The number of nitrogens with one attached hydrogen (secondary N) is 1. The first-order valence-corrected chi connectivity index (χ1v) is 9.44. The molecule has 7 nitrogen and oxygen atoms in total. The van der Waals surface area contributed by atoms with Crippen molar-refractivity contribution in [3.63, 3.8) is 0 Å². The Bertz CT molecular complexity index is 1200. The highest BCUT2D eigenvalue weighted by Gasteiger charge is 2.24. The van der Waals surface area contributed by atoms with E-state index in [9.17, 15) is 5.26 Å². The molecule has 0 spiro atoms. The number of halogens is 1. The fraction of sp³-hybridized carbons (Fsp3) is 0.190. The van der Waals surface area contributed by atoms with E-state index >= 15 is 0 Å². The maximum Gasteiger partial charge on any atom is 0.249 e. The predicted octanol–water partition coefficient (Wildman–Crippen LogP) is 5.01. The molecule has 0 aliphatic carbocycles. The summed E-state index contributed by atoms with van der Waals surface area (Å²) in [6.45, 7) is 4.08. The Labute approximate surface area is 172 Å². The Morgan fingerprint density at radius 2 is 2.03 bits per heavy atom. The molecule has 3 heterocycles. The first kappa shape index (κ1) is 18.8. The van der Waals surface area contributed by atoms with Crippen molar-refractivity contribution >= 4 is 28.3 Å². The summed E-state index contributed by atoms with van der Waals surface area (Å²) in [5.74, 6) is 1.59. The second kappa shape index (κ2) is 7.86. The summed E-state index contributed by atoms with van der Waals surface area (Å²) in [6.07, 6.45) is 3.37. The van der Waals surface area contributed by atoms with Crippen LogP contribution in [-0.4, -0.2) is 20.1 Å². The van der Waals surface area contributed by atoms with Gasteiger partial charge >= 0.3 is 0 Å². The number of benzene rings is 1. The summed E-state index contributed by atoms with van der Waals surface area (Å²) >= 11 is 6.06. The van der Waals surface area contributed by atoms with E-state index in [1.807, 2.05) is 26.0 Å². The van der Waals surface area contributed by atoms with E-state index in [0.29, 0.717) is 39.0 Å². The summed E-state index contributed by atoms with van der Waals surface area (Å²) in [5, 5.41) is 18.2. The molecule has 0 saturated carbocycles. The zero-order valence-electron chi connectivity index (χ0n) is 15.8. The molecule has 1 unspecified atom stereocenters. The number of hydrogen-bond acceptors (Lipinski definition) is 7. The molecule has 0 aliphatic rings. The Hall–Kier alpha value is -3.50.